The molecule has 0 aliphatic carbocycles. The Labute approximate surface area is 128 Å². The Hall–Kier alpha value is -1.43. The lowest BCUT2D eigenvalue weighted by Gasteiger charge is -2.17. The number of carbonyl (C=O) groups is 1. The molecule has 1 aliphatic rings. The fourth-order valence-electron chi connectivity index (χ4n) is 2.22. The summed E-state index contributed by atoms with van der Waals surface area (Å²) >= 11 is 1.41. The van der Waals surface area contributed by atoms with Crippen molar-refractivity contribution >= 4 is 35.3 Å². The minimum Gasteiger partial charge on any atom is -0.321 e. The van der Waals surface area contributed by atoms with Gasteiger partial charge in [0.1, 0.15) is 4.88 Å². The van der Waals surface area contributed by atoms with Gasteiger partial charge in [-0.3, -0.25) is 4.79 Å². The number of fused-ring (bicyclic) bond motifs is 1. The number of aromatic nitrogens is 1. The summed E-state index contributed by atoms with van der Waals surface area (Å²) in [5.74, 6) is -0.0886. The lowest BCUT2D eigenvalue weighted by molar-refractivity contribution is 0.103. The van der Waals surface area contributed by atoms with Gasteiger partial charge in [0, 0.05) is 12.2 Å². The molecule has 0 fully saturated rings. The maximum Gasteiger partial charge on any atom is 0.267 e. The summed E-state index contributed by atoms with van der Waals surface area (Å²) in [4.78, 5) is 16.8. The Kier molecular flexibility index (Phi) is 4.75. The Balaban J connectivity index is 0.00000147. The van der Waals surface area contributed by atoms with E-state index in [9.17, 15) is 4.79 Å². The molecule has 1 aromatic carbocycles. The summed E-state index contributed by atoms with van der Waals surface area (Å²) in [5.41, 5.74) is 3.48. The SMILES string of the molecule is Cc1ncc(C(=O)Nc2ccc3c(c2)CNCC3)s1.Cl. The second-order valence-electron chi connectivity index (χ2n) is 4.61. The monoisotopic (exact) mass is 309 g/mol. The summed E-state index contributed by atoms with van der Waals surface area (Å²) in [6, 6.07) is 6.12. The van der Waals surface area contributed by atoms with Crippen molar-refractivity contribution in [2.45, 2.75) is 19.9 Å². The van der Waals surface area contributed by atoms with Crippen LogP contribution in [-0.2, 0) is 13.0 Å². The largest absolute Gasteiger partial charge is 0.321 e. The first kappa shape index (κ1) is 15.0. The highest BCUT2D eigenvalue weighted by Crippen LogP contribution is 2.20. The number of benzene rings is 1. The van der Waals surface area contributed by atoms with Crippen LogP contribution in [0.15, 0.2) is 24.4 Å². The van der Waals surface area contributed by atoms with E-state index in [-0.39, 0.29) is 18.3 Å². The lowest BCUT2D eigenvalue weighted by atomic mass is 10.0. The van der Waals surface area contributed by atoms with Crippen LogP contribution in [0.2, 0.25) is 0 Å². The van der Waals surface area contributed by atoms with Crippen LogP contribution in [0, 0.1) is 6.92 Å². The van der Waals surface area contributed by atoms with Gasteiger partial charge in [0.2, 0.25) is 0 Å². The average Bonchev–Trinajstić information content (AvgIpc) is 2.85. The van der Waals surface area contributed by atoms with Gasteiger partial charge in [0.25, 0.3) is 5.91 Å². The molecule has 106 valence electrons. The number of aryl methyl sites for hydroxylation is 1. The van der Waals surface area contributed by atoms with Gasteiger partial charge >= 0.3 is 0 Å². The van der Waals surface area contributed by atoms with E-state index in [2.05, 4.69) is 21.7 Å². The van der Waals surface area contributed by atoms with E-state index in [0.717, 1.165) is 30.2 Å². The van der Waals surface area contributed by atoms with Crippen molar-refractivity contribution in [2.75, 3.05) is 11.9 Å². The highest BCUT2D eigenvalue weighted by Gasteiger charge is 2.12. The van der Waals surface area contributed by atoms with Crippen LogP contribution in [0.3, 0.4) is 0 Å². The minimum absolute atomic E-state index is 0. The molecule has 0 atom stereocenters. The molecule has 1 aromatic heterocycles. The zero-order valence-electron chi connectivity index (χ0n) is 11.1. The van der Waals surface area contributed by atoms with Crippen molar-refractivity contribution < 1.29 is 4.79 Å². The van der Waals surface area contributed by atoms with Crippen molar-refractivity contribution in [2.24, 2.45) is 0 Å². The summed E-state index contributed by atoms with van der Waals surface area (Å²) in [6.45, 7) is 3.80. The number of nitrogens with one attached hydrogen (secondary N) is 2. The van der Waals surface area contributed by atoms with Crippen molar-refractivity contribution in [1.29, 1.82) is 0 Å². The molecule has 20 heavy (non-hydrogen) atoms. The second-order valence-corrected chi connectivity index (χ2v) is 5.84. The first-order chi connectivity index (χ1) is 9.22. The first-order valence-electron chi connectivity index (χ1n) is 6.29. The van der Waals surface area contributed by atoms with E-state index in [1.807, 2.05) is 19.1 Å². The van der Waals surface area contributed by atoms with Gasteiger partial charge < -0.3 is 10.6 Å². The normalized spacial score (nSPS) is 13.2. The number of halogens is 1. The fraction of sp³-hybridized carbons (Fsp3) is 0.286. The number of nitrogens with zero attached hydrogens (tertiary/aromatic N) is 1. The van der Waals surface area contributed by atoms with E-state index in [0.29, 0.717) is 4.88 Å². The van der Waals surface area contributed by atoms with Gasteiger partial charge in [0.15, 0.2) is 0 Å². The Morgan fingerprint density at radius 2 is 2.25 bits per heavy atom. The predicted molar refractivity (Wildman–Crippen MR) is 83.9 cm³/mol. The van der Waals surface area contributed by atoms with Gasteiger partial charge in [-0.05, 0) is 43.1 Å². The molecule has 0 bridgehead atoms. The molecule has 1 amide bonds. The number of thiazole rings is 1. The van der Waals surface area contributed by atoms with Crippen molar-refractivity contribution in [3.63, 3.8) is 0 Å². The second kappa shape index (κ2) is 6.35. The maximum absolute atomic E-state index is 12.0. The van der Waals surface area contributed by atoms with E-state index in [1.165, 1.54) is 22.5 Å². The highest BCUT2D eigenvalue weighted by molar-refractivity contribution is 7.13. The third-order valence-electron chi connectivity index (χ3n) is 3.20. The molecule has 2 aromatic rings. The zero-order chi connectivity index (χ0) is 13.2. The molecule has 2 heterocycles. The van der Waals surface area contributed by atoms with Gasteiger partial charge in [-0.1, -0.05) is 6.07 Å². The van der Waals surface area contributed by atoms with Crippen molar-refractivity contribution in [3.05, 3.63) is 45.4 Å². The van der Waals surface area contributed by atoms with Crippen molar-refractivity contribution in [1.82, 2.24) is 10.3 Å². The summed E-state index contributed by atoms with van der Waals surface area (Å²) in [5, 5.41) is 7.16. The Bertz CT molecular complexity index is 627. The van der Waals surface area contributed by atoms with E-state index < -0.39 is 0 Å². The zero-order valence-corrected chi connectivity index (χ0v) is 12.7. The van der Waals surface area contributed by atoms with Gasteiger partial charge in [-0.25, -0.2) is 4.98 Å². The molecule has 0 radical (unpaired) electrons. The third-order valence-corrected chi connectivity index (χ3v) is 4.11. The summed E-state index contributed by atoms with van der Waals surface area (Å²) < 4.78 is 0. The standard InChI is InChI=1S/C14H15N3OS.ClH/c1-9-16-8-13(19-9)14(18)17-12-3-2-10-4-5-15-7-11(10)6-12;/h2-3,6,8,15H,4-5,7H2,1H3,(H,17,18);1H. The van der Waals surface area contributed by atoms with Crippen LogP contribution in [0.5, 0.6) is 0 Å². The summed E-state index contributed by atoms with van der Waals surface area (Å²) in [7, 11) is 0. The quantitative estimate of drug-likeness (QED) is 0.897. The Morgan fingerprint density at radius 1 is 1.40 bits per heavy atom. The van der Waals surface area contributed by atoms with E-state index in [1.54, 1.807) is 6.20 Å². The molecular formula is C14H16ClN3OS. The molecule has 4 nitrogen and oxygen atoms in total. The topological polar surface area (TPSA) is 54.0 Å². The van der Waals surface area contributed by atoms with Crippen LogP contribution in [-0.4, -0.2) is 17.4 Å². The molecule has 3 rings (SSSR count). The minimum atomic E-state index is -0.0886. The average molecular weight is 310 g/mol. The molecule has 0 saturated heterocycles. The number of hydrogen-bond acceptors (Lipinski definition) is 4. The summed E-state index contributed by atoms with van der Waals surface area (Å²) in [6.07, 6.45) is 2.67. The van der Waals surface area contributed by atoms with Crippen LogP contribution in [0.4, 0.5) is 5.69 Å². The molecule has 6 heteroatoms. The fourth-order valence-corrected chi connectivity index (χ4v) is 2.89. The molecule has 1 aliphatic heterocycles. The van der Waals surface area contributed by atoms with Crippen LogP contribution in [0.25, 0.3) is 0 Å². The molecular weight excluding hydrogens is 294 g/mol. The smallest absolute Gasteiger partial charge is 0.267 e. The number of carbonyl (C=O) groups excluding carboxylic acids is 1. The number of rotatable bonds is 2. The van der Waals surface area contributed by atoms with Crippen LogP contribution >= 0.6 is 23.7 Å². The van der Waals surface area contributed by atoms with Gasteiger partial charge in [-0.15, -0.1) is 23.7 Å². The van der Waals surface area contributed by atoms with E-state index >= 15 is 0 Å². The third kappa shape index (κ3) is 3.17. The van der Waals surface area contributed by atoms with Crippen LogP contribution in [0.1, 0.15) is 25.8 Å². The first-order valence-corrected chi connectivity index (χ1v) is 7.10. The maximum atomic E-state index is 12.0. The highest BCUT2D eigenvalue weighted by atomic mass is 35.5. The Morgan fingerprint density at radius 3 is 3.00 bits per heavy atom. The van der Waals surface area contributed by atoms with Crippen molar-refractivity contribution in [3.8, 4) is 0 Å². The predicted octanol–water partition coefficient (Wildman–Crippen LogP) is 2.77. The van der Waals surface area contributed by atoms with E-state index in [4.69, 9.17) is 0 Å². The lowest BCUT2D eigenvalue weighted by Crippen LogP contribution is -2.23. The van der Waals surface area contributed by atoms with Gasteiger partial charge in [0.05, 0.1) is 11.2 Å². The number of hydrogen-bond donors (Lipinski definition) is 2. The molecule has 2 N–H and O–H groups in total. The molecule has 0 unspecified atom stereocenters. The molecule has 0 saturated carbocycles. The number of amides is 1. The number of anilines is 1. The van der Waals surface area contributed by atoms with Crippen LogP contribution < -0.4 is 10.6 Å². The van der Waals surface area contributed by atoms with Gasteiger partial charge in [-0.2, -0.15) is 0 Å². The molecule has 0 spiro atoms.